The second kappa shape index (κ2) is 7.24. The van der Waals surface area contributed by atoms with Crippen molar-refractivity contribution in [2.45, 2.75) is 12.5 Å². The Morgan fingerprint density at radius 1 is 1.19 bits per heavy atom. The lowest BCUT2D eigenvalue weighted by atomic mass is 10.1. The highest BCUT2D eigenvalue weighted by Gasteiger charge is 2.16. The van der Waals surface area contributed by atoms with Gasteiger partial charge in [-0.05, 0) is 30.2 Å². The van der Waals surface area contributed by atoms with Gasteiger partial charge in [0.2, 0.25) is 0 Å². The maximum Gasteiger partial charge on any atom is 0.255 e. The van der Waals surface area contributed by atoms with Crippen LogP contribution in [0.4, 0.5) is 0 Å². The average Bonchev–Trinajstić information content (AvgIpc) is 2.50. The van der Waals surface area contributed by atoms with Gasteiger partial charge in [-0.3, -0.25) is 4.79 Å². The van der Waals surface area contributed by atoms with Crippen LogP contribution in [0.2, 0.25) is 0 Å². The molecule has 0 aliphatic rings. The number of carbonyl (C=O) groups is 1. The number of aliphatic hydroxyl groups is 1. The fraction of sp³-hybridized carbons (Fsp3) is 0.188. The van der Waals surface area contributed by atoms with E-state index in [2.05, 4.69) is 21.2 Å². The lowest BCUT2D eigenvalue weighted by Gasteiger charge is -2.17. The van der Waals surface area contributed by atoms with Crippen LogP contribution >= 0.6 is 15.9 Å². The molecule has 0 fully saturated rings. The standard InChI is InChI=1S/C16H16BrNO3/c17-12-6-7-15(20)14(9-12)16(21)18-13(10-19)8-11-4-2-1-3-5-11/h1-7,9,13,19-20H,8,10H2,(H,18,21)/t13-/m1/s1. The van der Waals surface area contributed by atoms with Crippen LogP contribution in [0.5, 0.6) is 5.75 Å². The first-order valence-corrected chi connectivity index (χ1v) is 7.33. The van der Waals surface area contributed by atoms with Crippen molar-refractivity contribution in [3.63, 3.8) is 0 Å². The summed E-state index contributed by atoms with van der Waals surface area (Å²) < 4.78 is 0.703. The molecule has 21 heavy (non-hydrogen) atoms. The van der Waals surface area contributed by atoms with Gasteiger partial charge in [-0.1, -0.05) is 46.3 Å². The van der Waals surface area contributed by atoms with E-state index in [1.807, 2.05) is 30.3 Å². The summed E-state index contributed by atoms with van der Waals surface area (Å²) in [5.74, 6) is -0.504. The van der Waals surface area contributed by atoms with E-state index in [4.69, 9.17) is 0 Å². The summed E-state index contributed by atoms with van der Waals surface area (Å²) in [5.41, 5.74) is 1.20. The smallest absolute Gasteiger partial charge is 0.255 e. The molecule has 0 saturated carbocycles. The predicted octanol–water partition coefficient (Wildman–Crippen LogP) is 2.49. The largest absolute Gasteiger partial charge is 0.507 e. The number of benzene rings is 2. The molecule has 2 rings (SSSR count). The van der Waals surface area contributed by atoms with E-state index in [0.717, 1.165) is 5.56 Å². The highest BCUT2D eigenvalue weighted by molar-refractivity contribution is 9.10. The van der Waals surface area contributed by atoms with Crippen molar-refractivity contribution in [3.05, 3.63) is 64.1 Å². The summed E-state index contributed by atoms with van der Waals surface area (Å²) in [5, 5.41) is 21.9. The summed E-state index contributed by atoms with van der Waals surface area (Å²) in [6, 6.07) is 13.8. The molecule has 0 radical (unpaired) electrons. The SMILES string of the molecule is O=C(N[C@@H](CO)Cc1ccccc1)c1cc(Br)ccc1O. The number of aromatic hydroxyl groups is 1. The van der Waals surface area contributed by atoms with Crippen molar-refractivity contribution in [2.75, 3.05) is 6.61 Å². The van der Waals surface area contributed by atoms with Crippen molar-refractivity contribution < 1.29 is 15.0 Å². The molecule has 0 aromatic heterocycles. The fourth-order valence-electron chi connectivity index (χ4n) is 2.01. The van der Waals surface area contributed by atoms with Crippen molar-refractivity contribution in [3.8, 4) is 5.75 Å². The Hall–Kier alpha value is -1.85. The van der Waals surface area contributed by atoms with Crippen LogP contribution < -0.4 is 5.32 Å². The van der Waals surface area contributed by atoms with Crippen LogP contribution in [0.1, 0.15) is 15.9 Å². The van der Waals surface area contributed by atoms with Gasteiger partial charge in [0.25, 0.3) is 5.91 Å². The summed E-state index contributed by atoms with van der Waals surface area (Å²) in [6.45, 7) is -0.171. The number of halogens is 1. The Balaban J connectivity index is 2.07. The Kier molecular flexibility index (Phi) is 5.36. The minimum Gasteiger partial charge on any atom is -0.507 e. The van der Waals surface area contributed by atoms with Crippen LogP contribution in [0, 0.1) is 0 Å². The molecule has 0 aliphatic heterocycles. The van der Waals surface area contributed by atoms with Crippen molar-refractivity contribution in [1.82, 2.24) is 5.32 Å². The first kappa shape index (κ1) is 15.5. The minimum atomic E-state index is -0.413. The molecular formula is C16H16BrNO3. The zero-order chi connectivity index (χ0) is 15.2. The Bertz CT molecular complexity index is 616. The van der Waals surface area contributed by atoms with E-state index in [9.17, 15) is 15.0 Å². The second-order valence-electron chi connectivity index (χ2n) is 4.70. The van der Waals surface area contributed by atoms with Gasteiger partial charge in [0, 0.05) is 4.47 Å². The summed E-state index contributed by atoms with van der Waals surface area (Å²) >= 11 is 3.26. The molecule has 0 unspecified atom stereocenters. The van der Waals surface area contributed by atoms with Gasteiger partial charge in [0.1, 0.15) is 5.75 Å². The number of amides is 1. The number of phenolic OH excluding ortho intramolecular Hbond substituents is 1. The van der Waals surface area contributed by atoms with E-state index in [0.29, 0.717) is 10.9 Å². The van der Waals surface area contributed by atoms with Gasteiger partial charge < -0.3 is 15.5 Å². The third kappa shape index (κ3) is 4.31. The number of rotatable bonds is 5. The number of aliphatic hydroxyl groups excluding tert-OH is 1. The Morgan fingerprint density at radius 2 is 1.90 bits per heavy atom. The number of nitrogens with one attached hydrogen (secondary N) is 1. The van der Waals surface area contributed by atoms with Crippen LogP contribution in [0.15, 0.2) is 53.0 Å². The highest BCUT2D eigenvalue weighted by Crippen LogP contribution is 2.21. The third-order valence-electron chi connectivity index (χ3n) is 3.08. The quantitative estimate of drug-likeness (QED) is 0.776. The monoisotopic (exact) mass is 349 g/mol. The molecule has 0 aliphatic carbocycles. The van der Waals surface area contributed by atoms with Gasteiger partial charge in [0.05, 0.1) is 18.2 Å². The molecule has 1 amide bonds. The molecule has 2 aromatic rings. The van der Waals surface area contributed by atoms with E-state index >= 15 is 0 Å². The molecule has 5 heteroatoms. The molecule has 110 valence electrons. The van der Waals surface area contributed by atoms with E-state index in [-0.39, 0.29) is 17.9 Å². The van der Waals surface area contributed by atoms with Crippen LogP contribution in [0.25, 0.3) is 0 Å². The number of hydrogen-bond acceptors (Lipinski definition) is 3. The molecule has 0 heterocycles. The Labute approximate surface area is 131 Å². The Morgan fingerprint density at radius 3 is 2.57 bits per heavy atom. The van der Waals surface area contributed by atoms with Gasteiger partial charge in [-0.15, -0.1) is 0 Å². The lowest BCUT2D eigenvalue weighted by molar-refractivity contribution is 0.0913. The topological polar surface area (TPSA) is 69.6 Å². The van der Waals surface area contributed by atoms with Crippen LogP contribution in [0.3, 0.4) is 0 Å². The number of phenols is 1. The second-order valence-corrected chi connectivity index (χ2v) is 5.62. The molecule has 3 N–H and O–H groups in total. The average molecular weight is 350 g/mol. The molecule has 0 bridgehead atoms. The highest BCUT2D eigenvalue weighted by atomic mass is 79.9. The van der Waals surface area contributed by atoms with E-state index < -0.39 is 11.9 Å². The third-order valence-corrected chi connectivity index (χ3v) is 3.58. The molecular weight excluding hydrogens is 334 g/mol. The van der Waals surface area contributed by atoms with Gasteiger partial charge >= 0.3 is 0 Å². The number of carbonyl (C=O) groups excluding carboxylic acids is 1. The fourth-order valence-corrected chi connectivity index (χ4v) is 2.37. The van der Waals surface area contributed by atoms with Gasteiger partial charge in [-0.25, -0.2) is 0 Å². The molecule has 0 saturated heterocycles. The van der Waals surface area contributed by atoms with E-state index in [1.165, 1.54) is 6.07 Å². The van der Waals surface area contributed by atoms with Gasteiger partial charge in [0.15, 0.2) is 0 Å². The minimum absolute atomic E-state index is 0.0906. The zero-order valence-corrected chi connectivity index (χ0v) is 12.9. The van der Waals surface area contributed by atoms with E-state index in [1.54, 1.807) is 12.1 Å². The zero-order valence-electron chi connectivity index (χ0n) is 11.3. The lowest BCUT2D eigenvalue weighted by Crippen LogP contribution is -2.39. The molecule has 0 spiro atoms. The molecule has 2 aromatic carbocycles. The van der Waals surface area contributed by atoms with Crippen LogP contribution in [-0.4, -0.2) is 28.8 Å². The molecule has 1 atom stereocenters. The maximum atomic E-state index is 12.2. The molecule has 4 nitrogen and oxygen atoms in total. The van der Waals surface area contributed by atoms with Crippen LogP contribution in [-0.2, 0) is 6.42 Å². The first-order valence-electron chi connectivity index (χ1n) is 6.54. The first-order chi connectivity index (χ1) is 10.1. The normalized spacial score (nSPS) is 11.9. The maximum absolute atomic E-state index is 12.2. The summed E-state index contributed by atoms with van der Waals surface area (Å²) in [6.07, 6.45) is 0.526. The van der Waals surface area contributed by atoms with Crippen molar-refractivity contribution >= 4 is 21.8 Å². The predicted molar refractivity (Wildman–Crippen MR) is 84.3 cm³/mol. The van der Waals surface area contributed by atoms with Crippen molar-refractivity contribution in [1.29, 1.82) is 0 Å². The van der Waals surface area contributed by atoms with Gasteiger partial charge in [-0.2, -0.15) is 0 Å². The summed E-state index contributed by atoms with van der Waals surface area (Å²) in [7, 11) is 0. The number of hydrogen-bond donors (Lipinski definition) is 3. The summed E-state index contributed by atoms with van der Waals surface area (Å²) in [4.78, 5) is 12.2. The van der Waals surface area contributed by atoms with Crippen molar-refractivity contribution in [2.24, 2.45) is 0 Å².